The number of rotatable bonds is 2. The van der Waals surface area contributed by atoms with E-state index in [9.17, 15) is 9.59 Å². The van der Waals surface area contributed by atoms with Gasteiger partial charge < -0.3 is 16.0 Å². The van der Waals surface area contributed by atoms with E-state index in [1.165, 1.54) is 0 Å². The van der Waals surface area contributed by atoms with Gasteiger partial charge in [0.25, 0.3) is 5.91 Å². The van der Waals surface area contributed by atoms with Crippen molar-refractivity contribution in [3.63, 3.8) is 0 Å². The molecule has 1 unspecified atom stereocenters. The number of nitrogens with zero attached hydrogens (tertiary/aromatic N) is 1. The van der Waals surface area contributed by atoms with E-state index in [4.69, 9.17) is 5.73 Å². The zero-order valence-corrected chi connectivity index (χ0v) is 12.1. The minimum atomic E-state index is -0.460. The van der Waals surface area contributed by atoms with Crippen LogP contribution in [0.5, 0.6) is 0 Å². The normalized spacial score (nSPS) is 21.3. The van der Waals surface area contributed by atoms with E-state index in [1.807, 2.05) is 18.2 Å². The highest BCUT2D eigenvalue weighted by molar-refractivity contribution is 5.99. The molecule has 1 atom stereocenters. The molecule has 0 spiro atoms. The first-order valence-electron chi connectivity index (χ1n) is 7.64. The predicted octanol–water partition coefficient (Wildman–Crippen LogP) is 1.52. The molecular formula is C16H21N3O2. The fourth-order valence-electron chi connectivity index (χ4n) is 3.34. The van der Waals surface area contributed by atoms with Gasteiger partial charge in [-0.05, 0) is 49.8 Å². The first-order chi connectivity index (χ1) is 10.2. The number of benzene rings is 1. The number of primary amides is 1. The van der Waals surface area contributed by atoms with Crippen molar-refractivity contribution in [2.24, 2.45) is 5.73 Å². The molecule has 1 saturated heterocycles. The van der Waals surface area contributed by atoms with Gasteiger partial charge in [0.05, 0.1) is 0 Å². The molecule has 0 saturated carbocycles. The van der Waals surface area contributed by atoms with Crippen molar-refractivity contribution >= 4 is 17.5 Å². The van der Waals surface area contributed by atoms with Gasteiger partial charge in [0.1, 0.15) is 6.04 Å². The van der Waals surface area contributed by atoms with Crippen LogP contribution in [0.2, 0.25) is 0 Å². The number of nitrogens with two attached hydrogens (primary N) is 1. The molecule has 2 amide bonds. The molecule has 2 heterocycles. The van der Waals surface area contributed by atoms with Crippen LogP contribution in [0.3, 0.4) is 0 Å². The maximum absolute atomic E-state index is 12.9. The number of likely N-dealkylation sites (tertiary alicyclic amines) is 1. The fraction of sp³-hybridized carbons (Fsp3) is 0.500. The number of piperidine rings is 1. The van der Waals surface area contributed by atoms with Gasteiger partial charge in [-0.1, -0.05) is 6.07 Å². The van der Waals surface area contributed by atoms with E-state index in [-0.39, 0.29) is 5.91 Å². The molecule has 3 rings (SSSR count). The van der Waals surface area contributed by atoms with Crippen molar-refractivity contribution in [3.05, 3.63) is 29.3 Å². The second kappa shape index (κ2) is 5.76. The SMILES string of the molecule is NC(=O)C1CCCCN1C(=O)c1cccc2c1CCCN2. The second-order valence-corrected chi connectivity index (χ2v) is 5.77. The average molecular weight is 287 g/mol. The largest absolute Gasteiger partial charge is 0.385 e. The quantitative estimate of drug-likeness (QED) is 0.866. The number of nitrogens with one attached hydrogen (secondary N) is 1. The van der Waals surface area contributed by atoms with Gasteiger partial charge >= 0.3 is 0 Å². The Morgan fingerprint density at radius 1 is 1.24 bits per heavy atom. The Morgan fingerprint density at radius 2 is 2.10 bits per heavy atom. The van der Waals surface area contributed by atoms with Gasteiger partial charge in [0, 0.05) is 24.3 Å². The molecule has 112 valence electrons. The van der Waals surface area contributed by atoms with E-state index in [0.717, 1.165) is 43.5 Å². The summed E-state index contributed by atoms with van der Waals surface area (Å²) < 4.78 is 0. The van der Waals surface area contributed by atoms with Crippen LogP contribution in [0.4, 0.5) is 5.69 Å². The van der Waals surface area contributed by atoms with Gasteiger partial charge in [-0.2, -0.15) is 0 Å². The van der Waals surface area contributed by atoms with Crippen molar-refractivity contribution in [1.29, 1.82) is 0 Å². The summed E-state index contributed by atoms with van der Waals surface area (Å²) in [6.45, 7) is 1.56. The van der Waals surface area contributed by atoms with Crippen LogP contribution in [-0.4, -0.2) is 35.8 Å². The molecule has 1 aromatic rings. The Labute approximate surface area is 124 Å². The maximum atomic E-state index is 12.9. The maximum Gasteiger partial charge on any atom is 0.254 e. The lowest BCUT2D eigenvalue weighted by molar-refractivity contribution is -0.123. The monoisotopic (exact) mass is 287 g/mol. The summed E-state index contributed by atoms with van der Waals surface area (Å²) in [6.07, 6.45) is 4.48. The van der Waals surface area contributed by atoms with Gasteiger partial charge in [-0.3, -0.25) is 9.59 Å². The number of hydrogen-bond donors (Lipinski definition) is 2. The molecule has 5 nitrogen and oxygen atoms in total. The first-order valence-corrected chi connectivity index (χ1v) is 7.64. The second-order valence-electron chi connectivity index (χ2n) is 5.77. The van der Waals surface area contributed by atoms with Crippen LogP contribution in [0.15, 0.2) is 18.2 Å². The summed E-state index contributed by atoms with van der Waals surface area (Å²) in [6, 6.07) is 5.31. The van der Waals surface area contributed by atoms with Crippen LogP contribution in [-0.2, 0) is 11.2 Å². The Hall–Kier alpha value is -2.04. The van der Waals surface area contributed by atoms with Gasteiger partial charge in [0.15, 0.2) is 0 Å². The van der Waals surface area contributed by atoms with E-state index >= 15 is 0 Å². The highest BCUT2D eigenvalue weighted by Gasteiger charge is 2.32. The molecule has 2 aliphatic heterocycles. The molecule has 0 aromatic heterocycles. The number of fused-ring (bicyclic) bond motifs is 1. The molecule has 21 heavy (non-hydrogen) atoms. The van der Waals surface area contributed by atoms with Gasteiger partial charge in [-0.15, -0.1) is 0 Å². The van der Waals surface area contributed by atoms with Crippen LogP contribution < -0.4 is 11.1 Å². The van der Waals surface area contributed by atoms with Crippen molar-refractivity contribution < 1.29 is 9.59 Å². The summed E-state index contributed by atoms with van der Waals surface area (Å²) in [4.78, 5) is 26.1. The van der Waals surface area contributed by atoms with Gasteiger partial charge in [0.2, 0.25) is 5.91 Å². The standard InChI is InChI=1S/C16H21N3O2/c17-15(20)14-8-1-2-10-19(14)16(21)12-5-3-7-13-11(12)6-4-9-18-13/h3,5,7,14,18H,1-2,4,6,8-10H2,(H2,17,20). The van der Waals surface area contributed by atoms with E-state index < -0.39 is 11.9 Å². The van der Waals surface area contributed by atoms with Crippen LogP contribution in [0, 0.1) is 0 Å². The zero-order chi connectivity index (χ0) is 14.8. The molecule has 0 bridgehead atoms. The van der Waals surface area contributed by atoms with Crippen molar-refractivity contribution in [2.75, 3.05) is 18.4 Å². The average Bonchev–Trinajstić information content (AvgIpc) is 2.53. The number of amides is 2. The Balaban J connectivity index is 1.92. The molecular weight excluding hydrogens is 266 g/mol. The van der Waals surface area contributed by atoms with E-state index in [0.29, 0.717) is 18.5 Å². The summed E-state index contributed by atoms with van der Waals surface area (Å²) in [5.41, 5.74) is 8.29. The zero-order valence-electron chi connectivity index (χ0n) is 12.1. The minimum absolute atomic E-state index is 0.0564. The molecule has 2 aliphatic rings. The fourth-order valence-corrected chi connectivity index (χ4v) is 3.34. The molecule has 3 N–H and O–H groups in total. The lowest BCUT2D eigenvalue weighted by atomic mass is 9.94. The lowest BCUT2D eigenvalue weighted by Crippen LogP contribution is -2.50. The lowest BCUT2D eigenvalue weighted by Gasteiger charge is -2.34. The van der Waals surface area contributed by atoms with Gasteiger partial charge in [-0.25, -0.2) is 0 Å². The third-order valence-corrected chi connectivity index (χ3v) is 4.42. The summed E-state index contributed by atoms with van der Waals surface area (Å²) >= 11 is 0. The van der Waals surface area contributed by atoms with Crippen molar-refractivity contribution in [3.8, 4) is 0 Å². The number of hydrogen-bond acceptors (Lipinski definition) is 3. The van der Waals surface area contributed by atoms with E-state index in [2.05, 4.69) is 5.32 Å². The Bertz CT molecular complexity index is 571. The molecule has 1 aromatic carbocycles. The van der Waals surface area contributed by atoms with E-state index in [1.54, 1.807) is 4.90 Å². The molecule has 5 heteroatoms. The Kier molecular flexibility index (Phi) is 3.82. The van der Waals surface area contributed by atoms with Crippen LogP contribution >= 0.6 is 0 Å². The minimum Gasteiger partial charge on any atom is -0.385 e. The summed E-state index contributed by atoms with van der Waals surface area (Å²) in [5.74, 6) is -0.454. The molecule has 0 aliphatic carbocycles. The number of carbonyl (C=O) groups is 2. The third kappa shape index (κ3) is 2.60. The summed E-state index contributed by atoms with van der Waals surface area (Å²) in [5, 5.41) is 3.33. The Morgan fingerprint density at radius 3 is 2.90 bits per heavy atom. The highest BCUT2D eigenvalue weighted by Crippen LogP contribution is 2.28. The van der Waals surface area contributed by atoms with Crippen molar-refractivity contribution in [1.82, 2.24) is 4.90 Å². The number of anilines is 1. The summed E-state index contributed by atoms with van der Waals surface area (Å²) in [7, 11) is 0. The molecule has 0 radical (unpaired) electrons. The van der Waals surface area contributed by atoms with Crippen LogP contribution in [0.1, 0.15) is 41.6 Å². The van der Waals surface area contributed by atoms with Crippen LogP contribution in [0.25, 0.3) is 0 Å². The predicted molar refractivity (Wildman–Crippen MR) is 81.1 cm³/mol. The van der Waals surface area contributed by atoms with Crippen molar-refractivity contribution in [2.45, 2.75) is 38.1 Å². The topological polar surface area (TPSA) is 75.4 Å². The number of carbonyl (C=O) groups excluding carboxylic acids is 2. The third-order valence-electron chi connectivity index (χ3n) is 4.42. The highest BCUT2D eigenvalue weighted by atomic mass is 16.2. The smallest absolute Gasteiger partial charge is 0.254 e. The molecule has 1 fully saturated rings. The first kappa shape index (κ1) is 13.9.